The number of benzene rings is 1. The number of rotatable bonds is 8. The summed E-state index contributed by atoms with van der Waals surface area (Å²) in [6, 6.07) is 14.0. The van der Waals surface area contributed by atoms with Crippen molar-refractivity contribution < 1.29 is 9.52 Å². The van der Waals surface area contributed by atoms with E-state index >= 15 is 0 Å². The molecule has 0 aliphatic carbocycles. The van der Waals surface area contributed by atoms with Crippen molar-refractivity contribution in [1.29, 1.82) is 0 Å². The summed E-state index contributed by atoms with van der Waals surface area (Å²) in [7, 11) is 5.77. The Morgan fingerprint density at radius 2 is 1.81 bits per heavy atom. The van der Waals surface area contributed by atoms with Gasteiger partial charge < -0.3 is 20.2 Å². The number of aliphatic hydroxyl groups is 1. The van der Waals surface area contributed by atoms with E-state index in [0.29, 0.717) is 19.0 Å². The first-order chi connectivity index (χ1) is 12.2. The molecular formula is C19H29IN4O2. The fraction of sp³-hybridized carbons (Fsp3) is 0.421. The van der Waals surface area contributed by atoms with Crippen LogP contribution in [-0.4, -0.2) is 56.8 Å². The van der Waals surface area contributed by atoms with Crippen molar-refractivity contribution in [3.05, 3.63) is 60.1 Å². The van der Waals surface area contributed by atoms with E-state index in [1.54, 1.807) is 13.3 Å². The standard InChI is InChI=1S/C19H28N4O2.HI/c1-20-19(21-12-16(14-24)15-8-5-4-6-9-15)22-13-17(23(2)3)18-10-7-11-25-18;/h4-11,16-17,24H,12-14H2,1-3H3,(H2,20,21,22);1H. The number of nitrogens with one attached hydrogen (secondary N) is 2. The van der Waals surface area contributed by atoms with Gasteiger partial charge in [-0.15, -0.1) is 24.0 Å². The Hall–Kier alpha value is -1.58. The molecule has 2 unspecified atom stereocenters. The fourth-order valence-corrected chi connectivity index (χ4v) is 2.67. The molecule has 7 heteroatoms. The van der Waals surface area contributed by atoms with E-state index in [0.717, 1.165) is 11.3 Å². The van der Waals surface area contributed by atoms with Gasteiger partial charge in [0.05, 0.1) is 18.9 Å². The highest BCUT2D eigenvalue weighted by molar-refractivity contribution is 14.0. The molecule has 2 aromatic rings. The number of hydrogen-bond donors (Lipinski definition) is 3. The number of aliphatic imine (C=N–C) groups is 1. The predicted molar refractivity (Wildman–Crippen MR) is 116 cm³/mol. The van der Waals surface area contributed by atoms with Crippen LogP contribution in [0.25, 0.3) is 0 Å². The zero-order valence-corrected chi connectivity index (χ0v) is 17.9. The average Bonchev–Trinajstić information content (AvgIpc) is 3.15. The van der Waals surface area contributed by atoms with Crippen LogP contribution < -0.4 is 10.6 Å². The second kappa shape index (κ2) is 11.9. The van der Waals surface area contributed by atoms with E-state index in [-0.39, 0.29) is 42.5 Å². The summed E-state index contributed by atoms with van der Waals surface area (Å²) in [5.74, 6) is 1.63. The number of guanidine groups is 1. The third-order valence-electron chi connectivity index (χ3n) is 4.19. The van der Waals surface area contributed by atoms with Gasteiger partial charge >= 0.3 is 0 Å². The van der Waals surface area contributed by atoms with Crippen LogP contribution in [0.15, 0.2) is 58.1 Å². The van der Waals surface area contributed by atoms with Crippen LogP contribution in [0, 0.1) is 0 Å². The van der Waals surface area contributed by atoms with Gasteiger partial charge in [0.1, 0.15) is 5.76 Å². The van der Waals surface area contributed by atoms with Gasteiger partial charge in [-0.05, 0) is 31.8 Å². The summed E-state index contributed by atoms with van der Waals surface area (Å²) >= 11 is 0. The van der Waals surface area contributed by atoms with Gasteiger partial charge in [-0.1, -0.05) is 30.3 Å². The first-order valence-electron chi connectivity index (χ1n) is 8.45. The first kappa shape index (κ1) is 22.5. The van der Waals surface area contributed by atoms with Crippen molar-refractivity contribution in [3.63, 3.8) is 0 Å². The second-order valence-corrected chi connectivity index (χ2v) is 6.12. The smallest absolute Gasteiger partial charge is 0.191 e. The van der Waals surface area contributed by atoms with Crippen LogP contribution in [0.4, 0.5) is 0 Å². The number of nitrogens with zero attached hydrogens (tertiary/aromatic N) is 2. The number of hydrogen-bond acceptors (Lipinski definition) is 4. The number of halogens is 1. The van der Waals surface area contributed by atoms with Crippen LogP contribution in [0.1, 0.15) is 23.3 Å². The van der Waals surface area contributed by atoms with Gasteiger partial charge in [0, 0.05) is 26.1 Å². The topological polar surface area (TPSA) is 73.0 Å². The van der Waals surface area contributed by atoms with E-state index in [1.165, 1.54) is 0 Å². The Kier molecular flexibility index (Phi) is 10.3. The van der Waals surface area contributed by atoms with E-state index < -0.39 is 0 Å². The molecule has 0 radical (unpaired) electrons. The second-order valence-electron chi connectivity index (χ2n) is 6.12. The maximum atomic E-state index is 9.66. The highest BCUT2D eigenvalue weighted by Gasteiger charge is 2.17. The van der Waals surface area contributed by atoms with Crippen molar-refractivity contribution in [2.45, 2.75) is 12.0 Å². The highest BCUT2D eigenvalue weighted by Crippen LogP contribution is 2.17. The minimum Gasteiger partial charge on any atom is -0.468 e. The predicted octanol–water partition coefficient (Wildman–Crippen LogP) is 2.44. The molecule has 0 saturated heterocycles. The van der Waals surface area contributed by atoms with Crippen molar-refractivity contribution in [2.75, 3.05) is 40.8 Å². The quantitative estimate of drug-likeness (QED) is 0.313. The SMILES string of the molecule is CN=C(NCC(CO)c1ccccc1)NCC(c1ccco1)N(C)C.I. The molecule has 3 N–H and O–H groups in total. The van der Waals surface area contributed by atoms with Gasteiger partial charge in [0.15, 0.2) is 5.96 Å². The summed E-state index contributed by atoms with van der Waals surface area (Å²) in [6.07, 6.45) is 1.69. The largest absolute Gasteiger partial charge is 0.468 e. The molecule has 0 spiro atoms. The molecular weight excluding hydrogens is 443 g/mol. The third-order valence-corrected chi connectivity index (χ3v) is 4.19. The van der Waals surface area contributed by atoms with Crippen LogP contribution in [0.3, 0.4) is 0 Å². The molecule has 1 aromatic carbocycles. The van der Waals surface area contributed by atoms with Crippen LogP contribution in [0.2, 0.25) is 0 Å². The highest BCUT2D eigenvalue weighted by atomic mass is 127. The summed E-state index contributed by atoms with van der Waals surface area (Å²) in [6.45, 7) is 1.35. The lowest BCUT2D eigenvalue weighted by Gasteiger charge is -2.24. The molecule has 2 atom stereocenters. The first-order valence-corrected chi connectivity index (χ1v) is 8.45. The van der Waals surface area contributed by atoms with E-state index in [1.807, 2.05) is 56.6 Å². The number of furan rings is 1. The summed E-state index contributed by atoms with van der Waals surface area (Å²) < 4.78 is 5.52. The lowest BCUT2D eigenvalue weighted by molar-refractivity contribution is 0.257. The molecule has 0 bridgehead atoms. The van der Waals surface area contributed by atoms with Crippen molar-refractivity contribution in [3.8, 4) is 0 Å². The van der Waals surface area contributed by atoms with E-state index in [4.69, 9.17) is 4.42 Å². The molecule has 0 aliphatic heterocycles. The van der Waals surface area contributed by atoms with Gasteiger partial charge in [0.2, 0.25) is 0 Å². The minimum atomic E-state index is 0. The Morgan fingerprint density at radius 3 is 2.35 bits per heavy atom. The van der Waals surface area contributed by atoms with Gasteiger partial charge in [-0.2, -0.15) is 0 Å². The molecule has 1 aromatic heterocycles. The Bertz CT molecular complexity index is 632. The Morgan fingerprint density at radius 1 is 1.12 bits per heavy atom. The summed E-state index contributed by atoms with van der Waals surface area (Å²) in [4.78, 5) is 6.36. The Labute approximate surface area is 172 Å². The molecule has 26 heavy (non-hydrogen) atoms. The van der Waals surface area contributed by atoms with E-state index in [2.05, 4.69) is 20.5 Å². The van der Waals surface area contributed by atoms with Gasteiger partial charge in [0.25, 0.3) is 0 Å². The fourth-order valence-electron chi connectivity index (χ4n) is 2.67. The van der Waals surface area contributed by atoms with Gasteiger partial charge in [-0.25, -0.2) is 0 Å². The van der Waals surface area contributed by atoms with Crippen molar-refractivity contribution in [1.82, 2.24) is 15.5 Å². The van der Waals surface area contributed by atoms with Gasteiger partial charge in [-0.3, -0.25) is 9.89 Å². The molecule has 2 rings (SSSR count). The molecule has 0 aliphatic rings. The third kappa shape index (κ3) is 6.62. The lowest BCUT2D eigenvalue weighted by Crippen LogP contribution is -2.43. The zero-order chi connectivity index (χ0) is 18.1. The molecule has 0 fully saturated rings. The average molecular weight is 472 g/mol. The maximum absolute atomic E-state index is 9.66. The van der Waals surface area contributed by atoms with Crippen molar-refractivity contribution >= 4 is 29.9 Å². The van der Waals surface area contributed by atoms with Crippen LogP contribution >= 0.6 is 24.0 Å². The molecule has 144 valence electrons. The maximum Gasteiger partial charge on any atom is 0.191 e. The molecule has 0 amide bonds. The van der Waals surface area contributed by atoms with Crippen molar-refractivity contribution in [2.24, 2.45) is 4.99 Å². The lowest BCUT2D eigenvalue weighted by atomic mass is 10.0. The normalized spacial score (nSPS) is 13.8. The molecule has 1 heterocycles. The zero-order valence-electron chi connectivity index (χ0n) is 15.6. The van der Waals surface area contributed by atoms with Crippen LogP contribution in [0.5, 0.6) is 0 Å². The van der Waals surface area contributed by atoms with E-state index in [9.17, 15) is 5.11 Å². The minimum absolute atomic E-state index is 0. The molecule has 0 saturated carbocycles. The number of likely N-dealkylation sites (N-methyl/N-ethyl adjacent to an activating group) is 1. The monoisotopic (exact) mass is 472 g/mol. The summed E-state index contributed by atoms with van der Waals surface area (Å²) in [5, 5.41) is 16.3. The summed E-state index contributed by atoms with van der Waals surface area (Å²) in [5.41, 5.74) is 1.11. The molecule has 6 nitrogen and oxygen atoms in total. The Balaban J connectivity index is 0.00000338. The van der Waals surface area contributed by atoms with Crippen LogP contribution in [-0.2, 0) is 0 Å². The number of aliphatic hydroxyl groups excluding tert-OH is 1.